The lowest BCUT2D eigenvalue weighted by Crippen LogP contribution is -2.16. The lowest BCUT2D eigenvalue weighted by Gasteiger charge is -2.17. The van der Waals surface area contributed by atoms with E-state index >= 15 is 0 Å². The molecule has 2 aromatic rings. The molecule has 0 fully saturated rings. The first kappa shape index (κ1) is 15.4. The second-order valence-electron chi connectivity index (χ2n) is 5.59. The third-order valence-electron chi connectivity index (χ3n) is 2.70. The maximum absolute atomic E-state index is 11.0. The molecule has 6 heteroatoms. The summed E-state index contributed by atoms with van der Waals surface area (Å²) in [5.41, 5.74) is 5.45. The van der Waals surface area contributed by atoms with Gasteiger partial charge in [0, 0.05) is 17.0 Å². The monoisotopic (exact) mass is 349 g/mol. The van der Waals surface area contributed by atoms with Crippen molar-refractivity contribution >= 4 is 21.8 Å². The fourth-order valence-electron chi connectivity index (χ4n) is 1.59. The average Bonchev–Trinajstić information content (AvgIpc) is 2.37. The van der Waals surface area contributed by atoms with Crippen LogP contribution in [0, 0.1) is 0 Å². The summed E-state index contributed by atoms with van der Waals surface area (Å²) < 4.78 is 6.36. The zero-order chi connectivity index (χ0) is 15.6. The molecule has 0 aliphatic heterocycles. The molecule has 0 atom stereocenters. The number of hydrogen-bond donors (Lipinski definition) is 1. The highest BCUT2D eigenvalue weighted by Crippen LogP contribution is 2.26. The van der Waals surface area contributed by atoms with Crippen LogP contribution in [-0.4, -0.2) is 15.9 Å². The Morgan fingerprint density at radius 2 is 1.81 bits per heavy atom. The van der Waals surface area contributed by atoms with E-state index in [0.717, 1.165) is 0 Å². The number of rotatable bonds is 3. The molecular formula is C15H16BrN3O2. The largest absolute Gasteiger partial charge is 0.439 e. The minimum atomic E-state index is -0.471. The maximum Gasteiger partial charge on any atom is 0.248 e. The number of carbonyl (C=O) groups is 1. The molecule has 0 spiro atoms. The van der Waals surface area contributed by atoms with Gasteiger partial charge in [0.25, 0.3) is 0 Å². The zero-order valence-corrected chi connectivity index (χ0v) is 13.6. The molecule has 21 heavy (non-hydrogen) atoms. The van der Waals surface area contributed by atoms with E-state index in [1.807, 2.05) is 20.8 Å². The molecule has 5 nitrogen and oxygen atoms in total. The number of amides is 1. The zero-order valence-electron chi connectivity index (χ0n) is 12.1. The lowest BCUT2D eigenvalue weighted by atomic mass is 9.96. The summed E-state index contributed by atoms with van der Waals surface area (Å²) >= 11 is 3.36. The summed E-state index contributed by atoms with van der Waals surface area (Å²) in [6.07, 6.45) is 0. The predicted molar refractivity (Wildman–Crippen MR) is 83.5 cm³/mol. The molecule has 110 valence electrons. The first-order valence-corrected chi connectivity index (χ1v) is 7.18. The highest BCUT2D eigenvalue weighted by atomic mass is 79.9. The van der Waals surface area contributed by atoms with E-state index < -0.39 is 5.91 Å². The van der Waals surface area contributed by atoms with Crippen molar-refractivity contribution < 1.29 is 9.53 Å². The maximum atomic E-state index is 11.0. The van der Waals surface area contributed by atoms with Gasteiger partial charge < -0.3 is 10.5 Å². The molecule has 0 bridgehead atoms. The van der Waals surface area contributed by atoms with Crippen LogP contribution in [0.5, 0.6) is 11.6 Å². The molecule has 1 aromatic carbocycles. The van der Waals surface area contributed by atoms with Crippen molar-refractivity contribution in [2.45, 2.75) is 26.2 Å². The molecule has 0 aliphatic carbocycles. The molecule has 0 saturated heterocycles. The first-order valence-electron chi connectivity index (χ1n) is 6.38. The number of primary amides is 1. The van der Waals surface area contributed by atoms with Gasteiger partial charge in [-0.05, 0) is 40.2 Å². The van der Waals surface area contributed by atoms with E-state index in [1.165, 1.54) is 0 Å². The molecule has 1 aromatic heterocycles. The predicted octanol–water partition coefficient (Wildman–Crippen LogP) is 3.43. The lowest BCUT2D eigenvalue weighted by molar-refractivity contribution is 0.100. The molecule has 0 saturated carbocycles. The molecule has 1 amide bonds. The first-order chi connectivity index (χ1) is 9.75. The fourth-order valence-corrected chi connectivity index (χ4v) is 1.96. The normalized spacial score (nSPS) is 11.2. The number of benzene rings is 1. The fraction of sp³-hybridized carbons (Fsp3) is 0.267. The molecule has 0 radical (unpaired) electrons. The van der Waals surface area contributed by atoms with E-state index in [0.29, 0.717) is 27.6 Å². The summed E-state index contributed by atoms with van der Waals surface area (Å²) in [7, 11) is 0. The van der Waals surface area contributed by atoms with Crippen LogP contribution in [0.1, 0.15) is 37.0 Å². The number of ether oxygens (including phenoxy) is 1. The van der Waals surface area contributed by atoms with Gasteiger partial charge in [-0.3, -0.25) is 4.79 Å². The smallest absolute Gasteiger partial charge is 0.248 e. The van der Waals surface area contributed by atoms with Crippen molar-refractivity contribution in [1.82, 2.24) is 9.97 Å². The number of carbonyl (C=O) groups excluding carboxylic acids is 1. The standard InChI is InChI=1S/C15H16BrN3O2/c1-15(2,3)14-18-11(16)8-12(19-14)21-10-6-4-9(5-7-10)13(17)20/h4-8H,1-3H3,(H2,17,20). The second kappa shape index (κ2) is 5.81. The number of halogens is 1. The van der Waals surface area contributed by atoms with E-state index in [2.05, 4.69) is 25.9 Å². The Hall–Kier alpha value is -1.95. The van der Waals surface area contributed by atoms with E-state index in [1.54, 1.807) is 30.3 Å². The Bertz CT molecular complexity index is 664. The van der Waals surface area contributed by atoms with Gasteiger partial charge in [-0.1, -0.05) is 20.8 Å². The third-order valence-corrected chi connectivity index (χ3v) is 3.11. The SMILES string of the molecule is CC(C)(C)c1nc(Br)cc(Oc2ccc(C(N)=O)cc2)n1. The number of nitrogens with zero attached hydrogens (tertiary/aromatic N) is 2. The van der Waals surface area contributed by atoms with Crippen LogP contribution < -0.4 is 10.5 Å². The Morgan fingerprint density at radius 3 is 2.33 bits per heavy atom. The molecular weight excluding hydrogens is 334 g/mol. The van der Waals surface area contributed by atoms with Crippen molar-refractivity contribution in [3.63, 3.8) is 0 Å². The highest BCUT2D eigenvalue weighted by Gasteiger charge is 2.19. The quantitative estimate of drug-likeness (QED) is 0.861. The second-order valence-corrected chi connectivity index (χ2v) is 6.41. The molecule has 2 N–H and O–H groups in total. The van der Waals surface area contributed by atoms with Crippen molar-refractivity contribution in [2.75, 3.05) is 0 Å². The van der Waals surface area contributed by atoms with Gasteiger partial charge in [0.15, 0.2) is 0 Å². The Morgan fingerprint density at radius 1 is 1.19 bits per heavy atom. The van der Waals surface area contributed by atoms with Crippen LogP contribution in [0.3, 0.4) is 0 Å². The van der Waals surface area contributed by atoms with Crippen molar-refractivity contribution in [2.24, 2.45) is 5.73 Å². The van der Waals surface area contributed by atoms with Crippen LogP contribution in [-0.2, 0) is 5.41 Å². The summed E-state index contributed by atoms with van der Waals surface area (Å²) in [5.74, 6) is 1.22. The number of nitrogens with two attached hydrogens (primary N) is 1. The van der Waals surface area contributed by atoms with Gasteiger partial charge in [0.05, 0.1) is 0 Å². The molecule has 0 unspecified atom stereocenters. The van der Waals surface area contributed by atoms with Gasteiger partial charge in [-0.2, -0.15) is 4.98 Å². The third kappa shape index (κ3) is 4.01. The summed E-state index contributed by atoms with van der Waals surface area (Å²) in [4.78, 5) is 19.8. The van der Waals surface area contributed by atoms with Gasteiger partial charge in [-0.25, -0.2) is 4.98 Å². The van der Waals surface area contributed by atoms with Gasteiger partial charge in [0.1, 0.15) is 16.2 Å². The highest BCUT2D eigenvalue weighted by molar-refractivity contribution is 9.10. The Kier molecular flexibility index (Phi) is 4.27. The Labute approximate surface area is 131 Å². The molecule has 0 aliphatic rings. The van der Waals surface area contributed by atoms with Crippen LogP contribution in [0.25, 0.3) is 0 Å². The Balaban J connectivity index is 2.27. The van der Waals surface area contributed by atoms with E-state index in [-0.39, 0.29) is 5.41 Å². The topological polar surface area (TPSA) is 78.1 Å². The minimum Gasteiger partial charge on any atom is -0.439 e. The van der Waals surface area contributed by atoms with Crippen LogP contribution in [0.4, 0.5) is 0 Å². The van der Waals surface area contributed by atoms with Crippen LogP contribution in [0.2, 0.25) is 0 Å². The average molecular weight is 350 g/mol. The van der Waals surface area contributed by atoms with Gasteiger partial charge in [-0.15, -0.1) is 0 Å². The van der Waals surface area contributed by atoms with E-state index in [9.17, 15) is 4.79 Å². The summed E-state index contributed by atoms with van der Waals surface area (Å²) in [5, 5.41) is 0. The number of aromatic nitrogens is 2. The van der Waals surface area contributed by atoms with Crippen molar-refractivity contribution in [3.05, 3.63) is 46.3 Å². The van der Waals surface area contributed by atoms with Crippen molar-refractivity contribution in [1.29, 1.82) is 0 Å². The van der Waals surface area contributed by atoms with Crippen LogP contribution >= 0.6 is 15.9 Å². The molecule has 2 rings (SSSR count). The van der Waals surface area contributed by atoms with Crippen LogP contribution in [0.15, 0.2) is 34.9 Å². The molecule has 1 heterocycles. The summed E-state index contributed by atoms with van der Waals surface area (Å²) in [6.45, 7) is 6.08. The van der Waals surface area contributed by atoms with Crippen molar-refractivity contribution in [3.8, 4) is 11.6 Å². The summed E-state index contributed by atoms with van der Waals surface area (Å²) in [6, 6.07) is 8.26. The minimum absolute atomic E-state index is 0.183. The number of hydrogen-bond acceptors (Lipinski definition) is 4. The van der Waals surface area contributed by atoms with E-state index in [4.69, 9.17) is 10.5 Å². The van der Waals surface area contributed by atoms with Gasteiger partial charge in [0.2, 0.25) is 11.8 Å². The van der Waals surface area contributed by atoms with Gasteiger partial charge >= 0.3 is 0 Å².